The van der Waals surface area contributed by atoms with Gasteiger partial charge in [0.15, 0.2) is 0 Å². The van der Waals surface area contributed by atoms with Gasteiger partial charge in [-0.05, 0) is 24.6 Å². The zero-order valence-electron chi connectivity index (χ0n) is 11.9. The highest BCUT2D eigenvalue weighted by molar-refractivity contribution is 5.63. The van der Waals surface area contributed by atoms with Gasteiger partial charge in [-0.2, -0.15) is 13.2 Å². The number of fused-ring (bicyclic) bond motifs is 1. The van der Waals surface area contributed by atoms with Gasteiger partial charge in [0.1, 0.15) is 18.1 Å². The molecule has 1 atom stereocenters. The molecule has 0 fully saturated rings. The predicted molar refractivity (Wildman–Crippen MR) is 72.6 cm³/mol. The zero-order valence-corrected chi connectivity index (χ0v) is 11.9. The molecule has 0 aliphatic carbocycles. The van der Waals surface area contributed by atoms with Crippen molar-refractivity contribution in [2.24, 2.45) is 0 Å². The van der Waals surface area contributed by atoms with Crippen LogP contribution in [-0.2, 0) is 4.74 Å². The summed E-state index contributed by atoms with van der Waals surface area (Å²) in [6, 6.07) is 4.84. The molecular weight excluding hydrogens is 285 g/mol. The third-order valence-corrected chi connectivity index (χ3v) is 3.37. The second-order valence-electron chi connectivity index (χ2n) is 4.72. The van der Waals surface area contributed by atoms with Crippen molar-refractivity contribution in [2.45, 2.75) is 25.1 Å². The minimum absolute atomic E-state index is 0.173. The summed E-state index contributed by atoms with van der Waals surface area (Å²) in [7, 11) is 1.54. The maximum Gasteiger partial charge on any atom is 0.432 e. The summed E-state index contributed by atoms with van der Waals surface area (Å²) in [6.45, 7) is 2.17. The largest absolute Gasteiger partial charge is 0.491 e. The van der Waals surface area contributed by atoms with Crippen LogP contribution in [0.5, 0.6) is 11.5 Å². The average molecular weight is 302 g/mol. The van der Waals surface area contributed by atoms with Crippen LogP contribution in [0.3, 0.4) is 0 Å². The lowest BCUT2D eigenvalue weighted by atomic mass is 9.95. The molecule has 1 aliphatic heterocycles. The van der Waals surface area contributed by atoms with E-state index in [4.69, 9.17) is 14.2 Å². The number of hydrogen-bond donors (Lipinski definition) is 0. The van der Waals surface area contributed by atoms with Gasteiger partial charge in [-0.1, -0.05) is 13.0 Å². The van der Waals surface area contributed by atoms with E-state index >= 15 is 0 Å². The number of alkyl halides is 3. The van der Waals surface area contributed by atoms with Crippen LogP contribution in [-0.4, -0.2) is 32.1 Å². The van der Waals surface area contributed by atoms with Gasteiger partial charge in [0.25, 0.3) is 0 Å². The Morgan fingerprint density at radius 2 is 2.00 bits per heavy atom. The molecule has 0 aromatic heterocycles. The zero-order chi connectivity index (χ0) is 15.5. The van der Waals surface area contributed by atoms with Crippen molar-refractivity contribution < 1.29 is 27.4 Å². The molecule has 0 spiro atoms. The summed E-state index contributed by atoms with van der Waals surface area (Å²) in [5.74, 6) is 0.625. The molecule has 1 aromatic rings. The number of halogens is 3. The first-order chi connectivity index (χ1) is 9.92. The Labute approximate surface area is 121 Å². The molecule has 1 unspecified atom stereocenters. The smallest absolute Gasteiger partial charge is 0.432 e. The van der Waals surface area contributed by atoms with Gasteiger partial charge in [0.05, 0.1) is 6.61 Å². The summed E-state index contributed by atoms with van der Waals surface area (Å²) < 4.78 is 55.1. The van der Waals surface area contributed by atoms with Crippen molar-refractivity contribution in [1.29, 1.82) is 0 Å². The van der Waals surface area contributed by atoms with E-state index in [2.05, 4.69) is 0 Å². The molecule has 0 saturated carbocycles. The normalized spacial score (nSPS) is 20.8. The number of benzene rings is 1. The molecule has 21 heavy (non-hydrogen) atoms. The summed E-state index contributed by atoms with van der Waals surface area (Å²) in [6.07, 6.45) is -2.15. The van der Waals surface area contributed by atoms with Crippen LogP contribution in [0.2, 0.25) is 0 Å². The molecule has 1 aromatic carbocycles. The van der Waals surface area contributed by atoms with Gasteiger partial charge in [-0.25, -0.2) is 0 Å². The summed E-state index contributed by atoms with van der Waals surface area (Å²) in [5.41, 5.74) is -1.67. The van der Waals surface area contributed by atoms with Crippen molar-refractivity contribution >= 4 is 6.08 Å². The van der Waals surface area contributed by atoms with Gasteiger partial charge in [-0.15, -0.1) is 0 Å². The van der Waals surface area contributed by atoms with E-state index in [1.807, 2.05) is 0 Å². The molecule has 0 bridgehead atoms. The monoisotopic (exact) mass is 302 g/mol. The molecule has 0 amide bonds. The van der Waals surface area contributed by atoms with Gasteiger partial charge in [0.2, 0.25) is 5.60 Å². The van der Waals surface area contributed by atoms with Crippen molar-refractivity contribution in [3.05, 3.63) is 29.8 Å². The second kappa shape index (κ2) is 5.97. The van der Waals surface area contributed by atoms with E-state index in [0.717, 1.165) is 6.08 Å². The minimum Gasteiger partial charge on any atom is -0.491 e. The molecule has 0 saturated heterocycles. The Balaban J connectivity index is 2.24. The fourth-order valence-electron chi connectivity index (χ4n) is 2.07. The van der Waals surface area contributed by atoms with Crippen LogP contribution in [0.4, 0.5) is 13.2 Å². The van der Waals surface area contributed by atoms with Crippen molar-refractivity contribution in [1.82, 2.24) is 0 Å². The van der Waals surface area contributed by atoms with Crippen LogP contribution in [0.25, 0.3) is 6.08 Å². The van der Waals surface area contributed by atoms with Crippen LogP contribution < -0.4 is 9.47 Å². The Hall–Kier alpha value is -1.69. The molecule has 2 rings (SSSR count). The van der Waals surface area contributed by atoms with E-state index in [0.29, 0.717) is 24.5 Å². The number of ether oxygens (including phenoxy) is 3. The van der Waals surface area contributed by atoms with E-state index in [1.165, 1.54) is 19.1 Å². The molecule has 1 aliphatic rings. The first-order valence-electron chi connectivity index (χ1n) is 6.62. The van der Waals surface area contributed by atoms with Gasteiger partial charge < -0.3 is 14.2 Å². The Morgan fingerprint density at radius 3 is 2.62 bits per heavy atom. The van der Waals surface area contributed by atoms with Crippen LogP contribution in [0, 0.1) is 0 Å². The molecule has 116 valence electrons. The number of rotatable bonds is 5. The average Bonchev–Trinajstić information content (AvgIpc) is 2.45. The molecule has 3 nitrogen and oxygen atoms in total. The minimum atomic E-state index is -4.47. The summed E-state index contributed by atoms with van der Waals surface area (Å²) >= 11 is 0. The van der Waals surface area contributed by atoms with Crippen LogP contribution in [0.15, 0.2) is 24.3 Å². The fourth-order valence-corrected chi connectivity index (χ4v) is 2.07. The maximum atomic E-state index is 13.2. The third-order valence-electron chi connectivity index (χ3n) is 3.37. The van der Waals surface area contributed by atoms with E-state index in [-0.39, 0.29) is 12.2 Å². The summed E-state index contributed by atoms with van der Waals surface area (Å²) in [5, 5.41) is 0. The highest BCUT2D eigenvalue weighted by Crippen LogP contribution is 2.43. The highest BCUT2D eigenvalue weighted by Gasteiger charge is 2.55. The van der Waals surface area contributed by atoms with Gasteiger partial charge >= 0.3 is 6.18 Å². The third kappa shape index (κ3) is 3.15. The Kier molecular flexibility index (Phi) is 4.46. The Morgan fingerprint density at radius 1 is 1.24 bits per heavy atom. The second-order valence-corrected chi connectivity index (χ2v) is 4.72. The lowest BCUT2D eigenvalue weighted by molar-refractivity contribution is -0.230. The quantitative estimate of drug-likeness (QED) is 0.774. The van der Waals surface area contributed by atoms with Gasteiger partial charge in [-0.3, -0.25) is 0 Å². The number of hydrogen-bond acceptors (Lipinski definition) is 3. The van der Waals surface area contributed by atoms with Crippen LogP contribution in [0.1, 0.15) is 18.9 Å². The lowest BCUT2D eigenvalue weighted by Gasteiger charge is -2.35. The molecule has 0 N–H and O–H groups in total. The maximum absolute atomic E-state index is 13.2. The molecular formula is C15H17F3O3. The van der Waals surface area contributed by atoms with E-state index in [1.54, 1.807) is 19.2 Å². The van der Waals surface area contributed by atoms with E-state index in [9.17, 15) is 13.2 Å². The SMILES string of the molecule is CCC1(C(F)(F)F)C=Cc2ccc(OCCOC)cc2O1. The molecule has 1 heterocycles. The van der Waals surface area contributed by atoms with Gasteiger partial charge in [0, 0.05) is 18.7 Å². The summed E-state index contributed by atoms with van der Waals surface area (Å²) in [4.78, 5) is 0. The van der Waals surface area contributed by atoms with Crippen molar-refractivity contribution in [2.75, 3.05) is 20.3 Å². The van der Waals surface area contributed by atoms with Crippen LogP contribution >= 0.6 is 0 Å². The standard InChI is InChI=1S/C15H17F3O3/c1-3-14(15(16,17)18)7-6-11-4-5-12(10-13(11)21-14)20-9-8-19-2/h4-7,10H,3,8-9H2,1-2H3. The van der Waals surface area contributed by atoms with E-state index < -0.39 is 11.8 Å². The molecule has 0 radical (unpaired) electrons. The van der Waals surface area contributed by atoms with Crippen molar-refractivity contribution in [3.8, 4) is 11.5 Å². The first-order valence-corrected chi connectivity index (χ1v) is 6.62. The highest BCUT2D eigenvalue weighted by atomic mass is 19.4. The van der Waals surface area contributed by atoms with Crippen molar-refractivity contribution in [3.63, 3.8) is 0 Å². The topological polar surface area (TPSA) is 27.7 Å². The fraction of sp³-hybridized carbons (Fsp3) is 0.467. The number of methoxy groups -OCH3 is 1. The predicted octanol–water partition coefficient (Wildman–Crippen LogP) is 3.83. The Bertz CT molecular complexity index is 525. The first kappa shape index (κ1) is 15.7. The lowest BCUT2D eigenvalue weighted by Crippen LogP contribution is -2.49. The molecule has 6 heteroatoms.